The summed E-state index contributed by atoms with van der Waals surface area (Å²) in [6.45, 7) is 23.2. The van der Waals surface area contributed by atoms with E-state index in [1.54, 1.807) is 0 Å². The van der Waals surface area contributed by atoms with E-state index in [0.717, 1.165) is 32.5 Å². The first-order valence-electron chi connectivity index (χ1n) is 16.0. The average Bonchev–Trinajstić information content (AvgIpc) is 3.54. The SMILES string of the molecule is C=CCNC.C=CNC1Cn2c3ccccc3c3c(C=C)c(CNC)c4c5ccccc5n(c4c32)C(CC)C1CC.CC. The second-order valence-corrected chi connectivity index (χ2v) is 11.0. The molecule has 0 fully saturated rings. The zero-order chi connectivity index (χ0) is 31.1. The van der Waals surface area contributed by atoms with Crippen molar-refractivity contribution in [2.75, 3.05) is 20.6 Å². The van der Waals surface area contributed by atoms with Gasteiger partial charge in [0.25, 0.3) is 0 Å². The molecule has 5 heteroatoms. The fourth-order valence-electron chi connectivity index (χ4n) is 7.33. The Kier molecular flexibility index (Phi) is 10.9. The van der Waals surface area contributed by atoms with Crippen LogP contribution in [0.2, 0.25) is 0 Å². The Morgan fingerprint density at radius 2 is 1.49 bits per heavy atom. The number of benzene rings is 3. The summed E-state index contributed by atoms with van der Waals surface area (Å²) in [5.41, 5.74) is 7.92. The third kappa shape index (κ3) is 5.41. The van der Waals surface area contributed by atoms with Crippen molar-refractivity contribution in [2.24, 2.45) is 5.92 Å². The second-order valence-electron chi connectivity index (χ2n) is 11.0. The summed E-state index contributed by atoms with van der Waals surface area (Å²) in [5, 5.41) is 15.4. The maximum atomic E-state index is 4.33. The van der Waals surface area contributed by atoms with Gasteiger partial charge >= 0.3 is 0 Å². The summed E-state index contributed by atoms with van der Waals surface area (Å²) < 4.78 is 5.27. The number of likely N-dealkylation sites (N-methyl/N-ethyl adjacent to an activating group) is 1. The van der Waals surface area contributed by atoms with Crippen molar-refractivity contribution in [1.82, 2.24) is 25.1 Å². The van der Waals surface area contributed by atoms with Crippen molar-refractivity contribution < 1.29 is 0 Å². The van der Waals surface area contributed by atoms with Gasteiger partial charge in [-0.05, 0) is 56.4 Å². The molecule has 5 aromatic rings. The van der Waals surface area contributed by atoms with Crippen molar-refractivity contribution in [3.63, 3.8) is 0 Å². The molecule has 1 aliphatic heterocycles. The number of hydrogen-bond acceptors (Lipinski definition) is 3. The van der Waals surface area contributed by atoms with Crippen molar-refractivity contribution in [1.29, 1.82) is 0 Å². The van der Waals surface area contributed by atoms with Crippen molar-refractivity contribution >= 4 is 49.7 Å². The monoisotopic (exact) mass is 577 g/mol. The highest BCUT2D eigenvalue weighted by Crippen LogP contribution is 2.48. The molecule has 1 aliphatic rings. The van der Waals surface area contributed by atoms with Gasteiger partial charge in [-0.15, -0.1) is 6.58 Å². The molecule has 3 N–H and O–H groups in total. The van der Waals surface area contributed by atoms with Gasteiger partial charge in [-0.25, -0.2) is 0 Å². The van der Waals surface area contributed by atoms with Crippen LogP contribution < -0.4 is 16.0 Å². The summed E-state index contributed by atoms with van der Waals surface area (Å²) in [6.07, 6.45) is 7.96. The molecule has 228 valence electrons. The molecule has 0 spiro atoms. The van der Waals surface area contributed by atoms with Gasteiger partial charge in [-0.3, -0.25) is 0 Å². The maximum absolute atomic E-state index is 4.33. The van der Waals surface area contributed by atoms with Gasteiger partial charge in [0.05, 0.1) is 11.0 Å². The topological polar surface area (TPSA) is 45.9 Å². The summed E-state index contributed by atoms with van der Waals surface area (Å²) >= 11 is 0. The molecule has 0 bridgehead atoms. The first-order valence-corrected chi connectivity index (χ1v) is 16.0. The molecule has 6 rings (SSSR count). The lowest BCUT2D eigenvalue weighted by atomic mass is 9.86. The Labute approximate surface area is 258 Å². The molecule has 3 atom stereocenters. The molecule has 2 aromatic heterocycles. The maximum Gasteiger partial charge on any atom is 0.0746 e. The van der Waals surface area contributed by atoms with Crippen LogP contribution in [-0.2, 0) is 13.1 Å². The molecule has 43 heavy (non-hydrogen) atoms. The summed E-state index contributed by atoms with van der Waals surface area (Å²) in [6, 6.07) is 18.6. The van der Waals surface area contributed by atoms with Gasteiger partial charge in [0.2, 0.25) is 0 Å². The highest BCUT2D eigenvalue weighted by atomic mass is 15.1. The van der Waals surface area contributed by atoms with Crippen LogP contribution in [-0.4, -0.2) is 35.8 Å². The van der Waals surface area contributed by atoms with Gasteiger partial charge < -0.3 is 25.1 Å². The lowest BCUT2D eigenvalue weighted by molar-refractivity contribution is 0.237. The van der Waals surface area contributed by atoms with E-state index in [9.17, 15) is 0 Å². The fourth-order valence-corrected chi connectivity index (χ4v) is 7.33. The predicted molar refractivity (Wildman–Crippen MR) is 191 cm³/mol. The van der Waals surface area contributed by atoms with Crippen molar-refractivity contribution in [3.05, 3.63) is 91.7 Å². The minimum atomic E-state index is 0.282. The van der Waals surface area contributed by atoms with E-state index in [2.05, 4.69) is 113 Å². The number of nitrogens with one attached hydrogen (secondary N) is 3. The van der Waals surface area contributed by atoms with Gasteiger partial charge in [-0.1, -0.05) is 89.4 Å². The normalized spacial score (nSPS) is 17.6. The third-order valence-corrected chi connectivity index (χ3v) is 8.85. The van der Waals surface area contributed by atoms with Gasteiger partial charge in [0, 0.05) is 70.2 Å². The van der Waals surface area contributed by atoms with E-state index >= 15 is 0 Å². The van der Waals surface area contributed by atoms with Crippen molar-refractivity contribution in [2.45, 2.75) is 65.7 Å². The molecule has 0 radical (unpaired) electrons. The van der Waals surface area contributed by atoms with E-state index in [-0.39, 0.29) is 6.04 Å². The Bertz CT molecular complexity index is 1720. The van der Waals surface area contributed by atoms with Crippen molar-refractivity contribution in [3.8, 4) is 0 Å². The number of aromatic nitrogens is 2. The average molecular weight is 578 g/mol. The van der Waals surface area contributed by atoms with E-state index in [1.807, 2.05) is 40.2 Å². The minimum Gasteiger partial charge on any atom is -0.386 e. The molecule has 0 saturated carbocycles. The molecule has 3 unspecified atom stereocenters. The largest absolute Gasteiger partial charge is 0.386 e. The Balaban J connectivity index is 0.000000551. The van der Waals surface area contributed by atoms with Gasteiger partial charge in [0.15, 0.2) is 0 Å². The zero-order valence-corrected chi connectivity index (χ0v) is 27.1. The number of nitrogens with zero attached hydrogens (tertiary/aromatic N) is 2. The van der Waals surface area contributed by atoms with Crippen LogP contribution in [0.15, 0.2) is 80.5 Å². The Morgan fingerprint density at radius 3 is 2.02 bits per heavy atom. The summed E-state index contributed by atoms with van der Waals surface area (Å²) in [5.74, 6) is 0.461. The third-order valence-electron chi connectivity index (χ3n) is 8.85. The van der Waals surface area contributed by atoms with Crippen LogP contribution in [0.4, 0.5) is 0 Å². The van der Waals surface area contributed by atoms with Crippen LogP contribution >= 0.6 is 0 Å². The van der Waals surface area contributed by atoms with E-state index in [0.29, 0.717) is 12.0 Å². The van der Waals surface area contributed by atoms with E-state index < -0.39 is 0 Å². The quantitative estimate of drug-likeness (QED) is 0.153. The first kappa shape index (κ1) is 32.1. The second kappa shape index (κ2) is 14.6. The highest BCUT2D eigenvalue weighted by Gasteiger charge is 2.35. The highest BCUT2D eigenvalue weighted by molar-refractivity contribution is 6.26. The summed E-state index contributed by atoms with van der Waals surface area (Å²) in [7, 11) is 3.93. The van der Waals surface area contributed by atoms with Gasteiger partial charge in [0.1, 0.15) is 0 Å². The number of hydrogen-bond donors (Lipinski definition) is 3. The standard InChI is InChI=1S/C32H36N4.C4H9N.C2H6/c1-6-20-24(18-33-5)30-23-15-11-13-17-28(23)36-26(8-3)21(7-2)25(34-9-4)19-35-27-16-12-10-14-22(27)29(20)31(35)32(30)36;1-3-4-5-2;1-2/h6,9-17,21,25-26,33-34H,1,4,7-8,18-19H2,2-3,5H3;3,5H,1,4H2,2H3;1-2H3. The minimum absolute atomic E-state index is 0.282. The molecular formula is C38H51N5. The number of fused-ring (bicyclic) bond motifs is 6. The number of rotatable bonds is 9. The van der Waals surface area contributed by atoms with Gasteiger partial charge in [-0.2, -0.15) is 0 Å². The van der Waals surface area contributed by atoms with Crippen LogP contribution in [0.3, 0.4) is 0 Å². The van der Waals surface area contributed by atoms with E-state index in [4.69, 9.17) is 0 Å². The lowest BCUT2D eigenvalue weighted by Gasteiger charge is -2.37. The Morgan fingerprint density at radius 1 is 0.837 bits per heavy atom. The van der Waals surface area contributed by atoms with Crippen LogP contribution in [0, 0.1) is 5.92 Å². The molecule has 5 nitrogen and oxygen atoms in total. The molecular weight excluding hydrogens is 526 g/mol. The smallest absolute Gasteiger partial charge is 0.0746 e. The predicted octanol–water partition coefficient (Wildman–Crippen LogP) is 8.78. The zero-order valence-electron chi connectivity index (χ0n) is 27.1. The molecule has 0 aliphatic carbocycles. The van der Waals surface area contributed by atoms with E-state index in [1.165, 1.54) is 54.7 Å². The Hall–Kier alpha value is -3.80. The number of para-hydroxylation sites is 2. The molecule has 0 amide bonds. The lowest BCUT2D eigenvalue weighted by Crippen LogP contribution is -2.41. The fraction of sp³-hybridized carbons (Fsp3) is 0.368. The molecule has 0 saturated heterocycles. The first-order chi connectivity index (χ1) is 21.1. The molecule has 3 aromatic carbocycles. The summed E-state index contributed by atoms with van der Waals surface area (Å²) in [4.78, 5) is 0. The van der Waals surface area contributed by atoms with Crippen LogP contribution in [0.1, 0.15) is 57.7 Å². The van der Waals surface area contributed by atoms with Crippen LogP contribution in [0.25, 0.3) is 49.7 Å². The van der Waals surface area contributed by atoms with Crippen LogP contribution in [0.5, 0.6) is 0 Å². The molecule has 3 heterocycles.